The van der Waals surface area contributed by atoms with Crippen LogP contribution in [0.2, 0.25) is 0 Å². The van der Waals surface area contributed by atoms with Crippen LogP contribution in [-0.2, 0) is 11.4 Å². The molecule has 1 atom stereocenters. The van der Waals surface area contributed by atoms with Gasteiger partial charge in [0.05, 0.1) is 0 Å². The molecule has 0 fully saturated rings. The highest BCUT2D eigenvalue weighted by atomic mass is 16.5. The van der Waals surface area contributed by atoms with Crippen molar-refractivity contribution in [2.24, 2.45) is 5.92 Å². The van der Waals surface area contributed by atoms with Crippen molar-refractivity contribution >= 4 is 5.91 Å². The third-order valence-electron chi connectivity index (χ3n) is 4.61. The van der Waals surface area contributed by atoms with E-state index >= 15 is 0 Å². The second kappa shape index (κ2) is 8.66. The van der Waals surface area contributed by atoms with E-state index < -0.39 is 23.5 Å². The number of aromatic hydroxyl groups is 1. The smallest absolute Gasteiger partial charge is 0.329 e. The maximum atomic E-state index is 12.3. The van der Waals surface area contributed by atoms with E-state index in [-0.39, 0.29) is 18.2 Å². The summed E-state index contributed by atoms with van der Waals surface area (Å²) in [6.45, 7) is 3.30. The van der Waals surface area contributed by atoms with Crippen molar-refractivity contribution in [3.8, 4) is 22.8 Å². The topological polar surface area (TPSA) is 117 Å². The van der Waals surface area contributed by atoms with E-state index in [2.05, 4.69) is 4.98 Å². The van der Waals surface area contributed by atoms with Gasteiger partial charge in [-0.05, 0) is 29.2 Å². The van der Waals surface area contributed by atoms with Crippen LogP contribution in [0.1, 0.15) is 25.6 Å². The number of hydrogen-bond acceptors (Lipinski definition) is 5. The number of aromatic nitrogens is 2. The number of benzene rings is 2. The van der Waals surface area contributed by atoms with Crippen LogP contribution in [0.5, 0.6) is 11.6 Å². The van der Waals surface area contributed by atoms with E-state index in [1.807, 2.05) is 42.5 Å². The zero-order valence-corrected chi connectivity index (χ0v) is 16.1. The Hall–Kier alpha value is -3.52. The van der Waals surface area contributed by atoms with E-state index in [4.69, 9.17) is 9.94 Å². The van der Waals surface area contributed by atoms with Crippen LogP contribution in [0, 0.1) is 5.92 Å². The fourth-order valence-corrected chi connectivity index (χ4v) is 3.16. The van der Waals surface area contributed by atoms with E-state index in [0.29, 0.717) is 5.75 Å². The first-order valence-corrected chi connectivity index (χ1v) is 9.17. The number of hydrogen-bond donors (Lipinski definition) is 4. The number of nitrogens with one attached hydrogen (secondary N) is 2. The zero-order chi connectivity index (χ0) is 21.0. The maximum Gasteiger partial charge on any atom is 0.329 e. The molecule has 0 aliphatic heterocycles. The van der Waals surface area contributed by atoms with E-state index in [0.717, 1.165) is 15.7 Å². The van der Waals surface area contributed by atoms with Crippen molar-refractivity contribution in [1.82, 2.24) is 15.0 Å². The summed E-state index contributed by atoms with van der Waals surface area (Å²) < 4.78 is 6.58. The molecule has 8 nitrogen and oxygen atoms in total. The molecule has 29 heavy (non-hydrogen) atoms. The summed E-state index contributed by atoms with van der Waals surface area (Å²) in [4.78, 5) is 26.7. The summed E-state index contributed by atoms with van der Waals surface area (Å²) in [6.07, 6.45) is 0. The van der Waals surface area contributed by atoms with Crippen LogP contribution < -0.4 is 15.9 Å². The van der Waals surface area contributed by atoms with Crippen molar-refractivity contribution in [3.05, 3.63) is 70.8 Å². The number of carbonyl (C=O) groups is 1. The summed E-state index contributed by atoms with van der Waals surface area (Å²) in [6, 6.07) is 16.3. The summed E-state index contributed by atoms with van der Waals surface area (Å²) in [5.41, 5.74) is 3.12. The van der Waals surface area contributed by atoms with E-state index in [9.17, 15) is 14.7 Å². The summed E-state index contributed by atoms with van der Waals surface area (Å²) >= 11 is 0. The Balaban J connectivity index is 1.76. The molecule has 0 bridgehead atoms. The Labute approximate surface area is 167 Å². The molecule has 152 valence electrons. The maximum absolute atomic E-state index is 12.3. The third-order valence-corrected chi connectivity index (χ3v) is 4.61. The molecule has 1 amide bonds. The largest absolute Gasteiger partial charge is 0.493 e. The van der Waals surface area contributed by atoms with Gasteiger partial charge >= 0.3 is 5.69 Å². The van der Waals surface area contributed by atoms with Crippen molar-refractivity contribution in [1.29, 1.82) is 0 Å². The summed E-state index contributed by atoms with van der Waals surface area (Å²) in [5, 5.41) is 19.4. The van der Waals surface area contributed by atoms with Crippen molar-refractivity contribution < 1.29 is 19.8 Å². The molecule has 3 rings (SSSR count). The first-order chi connectivity index (χ1) is 13.9. The van der Waals surface area contributed by atoms with Gasteiger partial charge in [-0.3, -0.25) is 10.0 Å². The van der Waals surface area contributed by atoms with Crippen LogP contribution in [0.4, 0.5) is 0 Å². The zero-order valence-electron chi connectivity index (χ0n) is 16.1. The van der Waals surface area contributed by atoms with Gasteiger partial charge in [0.2, 0.25) is 5.88 Å². The monoisotopic (exact) mass is 397 g/mol. The van der Waals surface area contributed by atoms with Crippen LogP contribution in [0.15, 0.2) is 59.4 Å². The molecule has 1 aromatic heterocycles. The minimum Gasteiger partial charge on any atom is -0.493 e. The number of amides is 1. The number of carbonyl (C=O) groups excluding carboxylic acids is 1. The first-order valence-electron chi connectivity index (χ1n) is 9.17. The van der Waals surface area contributed by atoms with Crippen molar-refractivity contribution in [2.75, 3.05) is 0 Å². The highest BCUT2D eigenvalue weighted by Gasteiger charge is 2.29. The molecule has 0 spiro atoms. The molecule has 2 aromatic carbocycles. The van der Waals surface area contributed by atoms with Gasteiger partial charge < -0.3 is 14.8 Å². The average Bonchev–Trinajstić information content (AvgIpc) is 3.01. The highest BCUT2D eigenvalue weighted by molar-refractivity contribution is 5.79. The molecule has 0 saturated heterocycles. The van der Waals surface area contributed by atoms with Gasteiger partial charge in [0.1, 0.15) is 24.1 Å². The second-order valence-corrected chi connectivity index (χ2v) is 6.95. The first kappa shape index (κ1) is 20.2. The molecular formula is C21H23N3O5. The molecule has 0 saturated carbocycles. The molecule has 0 aliphatic carbocycles. The molecule has 1 heterocycles. The van der Waals surface area contributed by atoms with Crippen LogP contribution in [-0.4, -0.2) is 25.8 Å². The molecule has 8 heteroatoms. The van der Waals surface area contributed by atoms with Crippen LogP contribution in [0.3, 0.4) is 0 Å². The SMILES string of the molecule is CC(C)[C@H](C(=O)NO)n1c(O)c(COc2ccc(-c3ccccc3)cc2)[nH]c1=O. The Morgan fingerprint density at radius 1 is 1.10 bits per heavy atom. The standard InChI is InChI=1S/C21H23N3O5/c1-13(2)18(19(25)23-28)24-20(26)17(22-21(24)27)12-29-16-10-8-15(9-11-16)14-6-4-3-5-7-14/h3-11,13,18,26,28H,12H2,1-2H3,(H,22,27)(H,23,25)/t18-/m1/s1. The predicted octanol–water partition coefficient (Wildman–Crippen LogP) is 2.83. The number of imidazole rings is 1. The number of aromatic amines is 1. The third kappa shape index (κ3) is 4.33. The lowest BCUT2D eigenvalue weighted by Crippen LogP contribution is -2.37. The summed E-state index contributed by atoms with van der Waals surface area (Å²) in [7, 11) is 0. The Morgan fingerprint density at radius 3 is 2.31 bits per heavy atom. The Morgan fingerprint density at radius 2 is 1.72 bits per heavy atom. The minimum absolute atomic E-state index is 0.0929. The van der Waals surface area contributed by atoms with Crippen molar-refractivity contribution in [3.63, 3.8) is 0 Å². The lowest BCUT2D eigenvalue weighted by Gasteiger charge is -2.19. The molecule has 0 radical (unpaired) electrons. The second-order valence-electron chi connectivity index (χ2n) is 6.95. The molecular weight excluding hydrogens is 374 g/mol. The van der Waals surface area contributed by atoms with E-state index in [1.165, 1.54) is 5.48 Å². The van der Waals surface area contributed by atoms with Gasteiger partial charge in [0, 0.05) is 0 Å². The number of nitrogens with zero attached hydrogens (tertiary/aromatic N) is 1. The quantitative estimate of drug-likeness (QED) is 0.361. The fraction of sp³-hybridized carbons (Fsp3) is 0.238. The van der Waals surface area contributed by atoms with Gasteiger partial charge in [-0.15, -0.1) is 0 Å². The Bertz CT molecular complexity index is 1020. The number of H-pyrrole nitrogens is 1. The predicted molar refractivity (Wildman–Crippen MR) is 107 cm³/mol. The number of ether oxygens (including phenoxy) is 1. The van der Waals surface area contributed by atoms with E-state index in [1.54, 1.807) is 26.0 Å². The average molecular weight is 397 g/mol. The van der Waals surface area contributed by atoms with Gasteiger partial charge in [0.15, 0.2) is 0 Å². The summed E-state index contributed by atoms with van der Waals surface area (Å²) in [5.74, 6) is -0.981. The molecule has 0 unspecified atom stereocenters. The highest BCUT2D eigenvalue weighted by Crippen LogP contribution is 2.26. The minimum atomic E-state index is -1.07. The number of hydroxylamine groups is 1. The lowest BCUT2D eigenvalue weighted by molar-refractivity contribution is -0.134. The van der Waals surface area contributed by atoms with Gasteiger partial charge in [-0.1, -0.05) is 56.3 Å². The van der Waals surface area contributed by atoms with Crippen LogP contribution >= 0.6 is 0 Å². The van der Waals surface area contributed by atoms with Gasteiger partial charge in [0.25, 0.3) is 5.91 Å². The number of rotatable bonds is 7. The van der Waals surface area contributed by atoms with Crippen molar-refractivity contribution in [2.45, 2.75) is 26.5 Å². The van der Waals surface area contributed by atoms with Gasteiger partial charge in [-0.2, -0.15) is 0 Å². The fourth-order valence-electron chi connectivity index (χ4n) is 3.16. The Kier molecular flexibility index (Phi) is 6.04. The molecule has 0 aliphatic rings. The molecule has 3 aromatic rings. The molecule has 4 N–H and O–H groups in total. The van der Waals surface area contributed by atoms with Gasteiger partial charge in [-0.25, -0.2) is 14.8 Å². The lowest BCUT2D eigenvalue weighted by atomic mass is 10.0. The normalized spacial score (nSPS) is 12.0. The van der Waals surface area contributed by atoms with Crippen LogP contribution in [0.25, 0.3) is 11.1 Å².